The molecule has 2 aliphatic heterocycles. The SMILES string of the molecule is O=S1(=O)C[C@H](NCC(c2ccco2)N2CCCC2)[C@@H](S(=O)(=O)c2ccc(F)cc2)C1. The second kappa shape index (κ2) is 8.41. The fourth-order valence-corrected chi connectivity index (χ4v) is 9.03. The average molecular weight is 457 g/mol. The molecule has 2 aliphatic rings. The molecule has 7 nitrogen and oxygen atoms in total. The number of hydrogen-bond acceptors (Lipinski definition) is 7. The largest absolute Gasteiger partial charge is 0.468 e. The molecule has 0 radical (unpaired) electrons. The second-order valence-electron chi connectivity index (χ2n) is 7.90. The molecule has 2 fully saturated rings. The fraction of sp³-hybridized carbons (Fsp3) is 0.500. The zero-order valence-corrected chi connectivity index (χ0v) is 18.0. The predicted molar refractivity (Wildman–Crippen MR) is 110 cm³/mol. The Morgan fingerprint density at radius 3 is 2.47 bits per heavy atom. The molecule has 2 aromatic rings. The number of sulfone groups is 2. The molecule has 1 aromatic carbocycles. The summed E-state index contributed by atoms with van der Waals surface area (Å²) in [5, 5.41) is 2.08. The monoisotopic (exact) mass is 456 g/mol. The van der Waals surface area contributed by atoms with Gasteiger partial charge in [-0.3, -0.25) is 4.90 Å². The van der Waals surface area contributed by atoms with Gasteiger partial charge in [-0.2, -0.15) is 0 Å². The minimum atomic E-state index is -3.94. The van der Waals surface area contributed by atoms with E-state index >= 15 is 0 Å². The van der Waals surface area contributed by atoms with Crippen molar-refractivity contribution in [2.24, 2.45) is 0 Å². The zero-order chi connectivity index (χ0) is 21.4. The highest BCUT2D eigenvalue weighted by atomic mass is 32.2. The molecule has 0 spiro atoms. The molecule has 2 saturated heterocycles. The highest BCUT2D eigenvalue weighted by molar-refractivity contribution is 7.96. The van der Waals surface area contributed by atoms with Crippen LogP contribution in [0.2, 0.25) is 0 Å². The summed E-state index contributed by atoms with van der Waals surface area (Å²) in [6.07, 6.45) is 3.76. The first kappa shape index (κ1) is 21.5. The van der Waals surface area contributed by atoms with Gasteiger partial charge in [0.25, 0.3) is 0 Å². The molecule has 3 heterocycles. The topological polar surface area (TPSA) is 96.7 Å². The summed E-state index contributed by atoms with van der Waals surface area (Å²) in [6.45, 7) is 2.20. The molecular formula is C20H25FN2O5S2. The van der Waals surface area contributed by atoms with Crippen LogP contribution in [0.3, 0.4) is 0 Å². The normalized spacial score (nSPS) is 25.5. The molecule has 0 bridgehead atoms. The van der Waals surface area contributed by atoms with Gasteiger partial charge in [0, 0.05) is 12.6 Å². The number of likely N-dealkylation sites (tertiary alicyclic amines) is 1. The molecule has 1 aromatic heterocycles. The van der Waals surface area contributed by atoms with E-state index in [0.29, 0.717) is 6.54 Å². The van der Waals surface area contributed by atoms with Crippen LogP contribution in [-0.4, -0.2) is 64.2 Å². The number of halogens is 1. The van der Waals surface area contributed by atoms with Gasteiger partial charge < -0.3 is 9.73 Å². The number of nitrogens with zero attached hydrogens (tertiary/aromatic N) is 1. The lowest BCUT2D eigenvalue weighted by atomic mass is 10.1. The van der Waals surface area contributed by atoms with Crippen molar-refractivity contribution in [3.05, 3.63) is 54.2 Å². The van der Waals surface area contributed by atoms with Crippen LogP contribution in [0.4, 0.5) is 4.39 Å². The van der Waals surface area contributed by atoms with Crippen molar-refractivity contribution in [1.82, 2.24) is 10.2 Å². The van der Waals surface area contributed by atoms with Crippen LogP contribution < -0.4 is 5.32 Å². The van der Waals surface area contributed by atoms with Crippen LogP contribution >= 0.6 is 0 Å². The Morgan fingerprint density at radius 2 is 1.83 bits per heavy atom. The van der Waals surface area contributed by atoms with Crippen molar-refractivity contribution >= 4 is 19.7 Å². The van der Waals surface area contributed by atoms with Crippen molar-refractivity contribution in [1.29, 1.82) is 0 Å². The minimum absolute atomic E-state index is 0.0695. The molecule has 3 atom stereocenters. The second-order valence-corrected chi connectivity index (χ2v) is 12.2. The molecular weight excluding hydrogens is 431 g/mol. The lowest BCUT2D eigenvalue weighted by Gasteiger charge is -2.28. The molecule has 0 saturated carbocycles. The van der Waals surface area contributed by atoms with Gasteiger partial charge in [0.05, 0.1) is 34.0 Å². The van der Waals surface area contributed by atoms with Crippen LogP contribution in [0, 0.1) is 5.82 Å². The standard InChI is InChI=1S/C20H25FN2O5S2/c21-15-5-7-16(8-6-15)30(26,27)20-14-29(24,25)13-17(20)22-12-18(19-4-3-11-28-19)23-9-1-2-10-23/h3-8,11,17-18,20,22H,1-2,9-10,12-14H2/t17-,18?,20-/m0/s1. The summed E-state index contributed by atoms with van der Waals surface area (Å²) >= 11 is 0. The van der Waals surface area contributed by atoms with E-state index in [1.807, 2.05) is 6.07 Å². The lowest BCUT2D eigenvalue weighted by Crippen LogP contribution is -2.46. The Hall–Kier alpha value is -1.75. The molecule has 1 N–H and O–H groups in total. The van der Waals surface area contributed by atoms with Crippen LogP contribution in [0.5, 0.6) is 0 Å². The minimum Gasteiger partial charge on any atom is -0.468 e. The third-order valence-electron chi connectivity index (χ3n) is 5.87. The molecule has 4 rings (SSSR count). The molecule has 0 aliphatic carbocycles. The van der Waals surface area contributed by atoms with Crippen molar-refractivity contribution in [3.63, 3.8) is 0 Å². The van der Waals surface area contributed by atoms with E-state index in [9.17, 15) is 21.2 Å². The molecule has 164 valence electrons. The Morgan fingerprint density at radius 1 is 1.13 bits per heavy atom. The molecule has 10 heteroatoms. The van der Waals surface area contributed by atoms with Crippen LogP contribution in [0.15, 0.2) is 52.0 Å². The first-order chi connectivity index (χ1) is 14.3. The first-order valence-corrected chi connectivity index (χ1v) is 13.3. The third kappa shape index (κ3) is 4.46. The van der Waals surface area contributed by atoms with E-state index in [1.54, 1.807) is 12.3 Å². The molecule has 1 unspecified atom stereocenters. The Bertz CT molecular complexity index is 1060. The van der Waals surface area contributed by atoms with Crippen molar-refractivity contribution in [2.75, 3.05) is 31.1 Å². The maximum atomic E-state index is 13.2. The maximum Gasteiger partial charge on any atom is 0.183 e. The summed E-state index contributed by atoms with van der Waals surface area (Å²) in [4.78, 5) is 2.19. The number of nitrogens with one attached hydrogen (secondary N) is 1. The van der Waals surface area contributed by atoms with E-state index in [2.05, 4.69) is 10.2 Å². The van der Waals surface area contributed by atoms with E-state index in [4.69, 9.17) is 4.42 Å². The number of furan rings is 1. The van der Waals surface area contributed by atoms with Gasteiger partial charge in [-0.05, 0) is 62.3 Å². The highest BCUT2D eigenvalue weighted by Crippen LogP contribution is 2.29. The maximum absolute atomic E-state index is 13.2. The van der Waals surface area contributed by atoms with Gasteiger partial charge in [-0.25, -0.2) is 21.2 Å². The number of hydrogen-bond donors (Lipinski definition) is 1. The molecule has 0 amide bonds. The molecule has 30 heavy (non-hydrogen) atoms. The van der Waals surface area contributed by atoms with Gasteiger partial charge >= 0.3 is 0 Å². The number of benzene rings is 1. The first-order valence-electron chi connectivity index (χ1n) is 9.97. The van der Waals surface area contributed by atoms with Crippen LogP contribution in [0.1, 0.15) is 24.6 Å². The smallest absolute Gasteiger partial charge is 0.183 e. The summed E-state index contributed by atoms with van der Waals surface area (Å²) < 4.78 is 69.7. The highest BCUT2D eigenvalue weighted by Gasteiger charge is 2.46. The van der Waals surface area contributed by atoms with Gasteiger partial charge in [0.2, 0.25) is 0 Å². The van der Waals surface area contributed by atoms with Gasteiger partial charge in [-0.1, -0.05) is 0 Å². The average Bonchev–Trinajstić information content (AvgIpc) is 3.44. The lowest BCUT2D eigenvalue weighted by molar-refractivity contribution is 0.206. The van der Waals surface area contributed by atoms with E-state index in [-0.39, 0.29) is 16.7 Å². The van der Waals surface area contributed by atoms with Crippen LogP contribution in [-0.2, 0) is 19.7 Å². The van der Waals surface area contributed by atoms with E-state index < -0.39 is 42.5 Å². The van der Waals surface area contributed by atoms with Gasteiger partial charge in [-0.15, -0.1) is 0 Å². The predicted octanol–water partition coefficient (Wildman–Crippen LogP) is 1.78. The van der Waals surface area contributed by atoms with E-state index in [0.717, 1.165) is 43.8 Å². The Kier molecular flexibility index (Phi) is 6.02. The van der Waals surface area contributed by atoms with Crippen LogP contribution in [0.25, 0.3) is 0 Å². The Balaban J connectivity index is 1.56. The van der Waals surface area contributed by atoms with Crippen molar-refractivity contribution in [3.8, 4) is 0 Å². The summed E-state index contributed by atoms with van der Waals surface area (Å²) in [6, 6.07) is 7.34. The summed E-state index contributed by atoms with van der Waals surface area (Å²) in [5.74, 6) is -0.472. The zero-order valence-electron chi connectivity index (χ0n) is 16.4. The van der Waals surface area contributed by atoms with Gasteiger partial charge in [0.1, 0.15) is 11.6 Å². The summed E-state index contributed by atoms with van der Waals surface area (Å²) in [5.41, 5.74) is 0. The van der Waals surface area contributed by atoms with E-state index in [1.165, 1.54) is 12.1 Å². The van der Waals surface area contributed by atoms with Crippen molar-refractivity contribution < 1.29 is 25.6 Å². The van der Waals surface area contributed by atoms with Gasteiger partial charge in [0.15, 0.2) is 19.7 Å². The fourth-order valence-electron chi connectivity index (χ4n) is 4.32. The number of rotatable bonds is 7. The Labute approximate surface area is 176 Å². The third-order valence-corrected chi connectivity index (χ3v) is 10.0. The quantitative estimate of drug-likeness (QED) is 0.635. The van der Waals surface area contributed by atoms with Crippen molar-refractivity contribution in [2.45, 2.75) is 35.1 Å². The summed E-state index contributed by atoms with van der Waals surface area (Å²) in [7, 11) is -7.46.